The zero-order valence-electron chi connectivity index (χ0n) is 15.4. The highest BCUT2D eigenvalue weighted by Gasteiger charge is 2.27. The van der Waals surface area contributed by atoms with Crippen LogP contribution in [0.2, 0.25) is 0 Å². The van der Waals surface area contributed by atoms with E-state index in [4.69, 9.17) is 18.6 Å². The Balaban J connectivity index is 1.45. The number of benzene rings is 2. The minimum Gasteiger partial charge on any atom is -0.496 e. The lowest BCUT2D eigenvalue weighted by atomic mass is 10.1. The molecule has 1 aromatic heterocycles. The number of fused-ring (bicyclic) bond motifs is 1. The summed E-state index contributed by atoms with van der Waals surface area (Å²) < 4.78 is 22.7. The summed E-state index contributed by atoms with van der Waals surface area (Å²) in [6.07, 6.45) is -0.452. The van der Waals surface area contributed by atoms with Crippen LogP contribution in [0.3, 0.4) is 0 Å². The van der Waals surface area contributed by atoms with Gasteiger partial charge in [-0.2, -0.15) is 0 Å². The summed E-state index contributed by atoms with van der Waals surface area (Å²) in [5.74, 6) is 2.95. The summed E-state index contributed by atoms with van der Waals surface area (Å²) >= 11 is 1.37. The molecule has 0 fully saturated rings. The Bertz CT molecular complexity index is 1000. The minimum absolute atomic E-state index is 0.00343. The van der Waals surface area contributed by atoms with Gasteiger partial charge < -0.3 is 18.6 Å². The van der Waals surface area contributed by atoms with Gasteiger partial charge in [-0.1, -0.05) is 23.9 Å². The Labute approximate surface area is 166 Å². The van der Waals surface area contributed by atoms with E-state index in [2.05, 4.69) is 10.2 Å². The van der Waals surface area contributed by atoms with Crippen LogP contribution < -0.4 is 14.2 Å². The quantitative estimate of drug-likeness (QED) is 0.454. The smallest absolute Gasteiger partial charge is 0.277 e. The van der Waals surface area contributed by atoms with Gasteiger partial charge in [0.1, 0.15) is 12.4 Å². The van der Waals surface area contributed by atoms with Crippen LogP contribution in [0.25, 0.3) is 0 Å². The second-order valence-corrected chi connectivity index (χ2v) is 7.07. The molecule has 2 heterocycles. The highest BCUT2D eigenvalue weighted by atomic mass is 32.2. The van der Waals surface area contributed by atoms with Crippen LogP contribution in [-0.4, -0.2) is 29.7 Å². The molecule has 1 atom stereocenters. The Morgan fingerprint density at radius 1 is 1.21 bits per heavy atom. The van der Waals surface area contributed by atoms with Crippen molar-refractivity contribution < 1.29 is 23.4 Å². The summed E-state index contributed by atoms with van der Waals surface area (Å²) in [6.45, 7) is 1.84. The molecule has 0 aliphatic carbocycles. The average molecular weight is 398 g/mol. The lowest BCUT2D eigenvalue weighted by Crippen LogP contribution is -2.21. The SMILES string of the molecule is COc1ccc(C(C)=O)cc1CSc1nnc([C@H]2COc3ccccc3O2)o1. The molecule has 28 heavy (non-hydrogen) atoms. The standard InChI is InChI=1S/C20H18N2O5S/c1-12(23)13-7-8-15(24-2)14(9-13)11-28-20-22-21-19(27-20)18-10-25-16-5-3-4-6-17(16)26-18/h3-9,18H,10-11H2,1-2H3/t18-/m1/s1. The summed E-state index contributed by atoms with van der Waals surface area (Å²) in [7, 11) is 1.60. The third-order valence-corrected chi connectivity index (χ3v) is 5.11. The summed E-state index contributed by atoms with van der Waals surface area (Å²) in [5.41, 5.74) is 1.51. The lowest BCUT2D eigenvalue weighted by Gasteiger charge is -2.23. The molecule has 3 aromatic rings. The van der Waals surface area contributed by atoms with Crippen LogP contribution in [0, 0.1) is 0 Å². The predicted molar refractivity (Wildman–Crippen MR) is 102 cm³/mol. The second-order valence-electron chi connectivity index (χ2n) is 6.14. The largest absolute Gasteiger partial charge is 0.496 e. The van der Waals surface area contributed by atoms with Crippen LogP contribution in [0.5, 0.6) is 17.2 Å². The number of hydrogen-bond acceptors (Lipinski definition) is 8. The third-order valence-electron chi connectivity index (χ3n) is 4.24. The fourth-order valence-electron chi connectivity index (χ4n) is 2.80. The number of carbonyl (C=O) groups is 1. The van der Waals surface area contributed by atoms with E-state index in [9.17, 15) is 4.79 Å². The van der Waals surface area contributed by atoms with Crippen molar-refractivity contribution >= 4 is 17.5 Å². The molecule has 8 heteroatoms. The molecule has 1 aliphatic heterocycles. The highest BCUT2D eigenvalue weighted by Crippen LogP contribution is 2.36. The number of rotatable bonds is 6. The number of ketones is 1. The first kappa shape index (κ1) is 18.4. The highest BCUT2D eigenvalue weighted by molar-refractivity contribution is 7.98. The zero-order valence-corrected chi connectivity index (χ0v) is 16.2. The van der Waals surface area contributed by atoms with Gasteiger partial charge in [0.25, 0.3) is 11.1 Å². The molecule has 4 rings (SSSR count). The number of nitrogens with zero attached hydrogens (tertiary/aromatic N) is 2. The maximum atomic E-state index is 11.6. The lowest BCUT2D eigenvalue weighted by molar-refractivity contribution is 0.0686. The minimum atomic E-state index is -0.452. The second kappa shape index (κ2) is 7.93. The van der Waals surface area contributed by atoms with Crippen molar-refractivity contribution in [1.82, 2.24) is 10.2 Å². The predicted octanol–water partition coefficient (Wildman–Crippen LogP) is 4.09. The molecule has 0 amide bonds. The number of aromatic nitrogens is 2. The number of para-hydroxylation sites is 2. The van der Waals surface area contributed by atoms with Crippen molar-refractivity contribution in [2.24, 2.45) is 0 Å². The van der Waals surface area contributed by atoms with Crippen molar-refractivity contribution in [3.63, 3.8) is 0 Å². The van der Waals surface area contributed by atoms with Gasteiger partial charge in [0.05, 0.1) is 7.11 Å². The fraction of sp³-hybridized carbons (Fsp3) is 0.250. The van der Waals surface area contributed by atoms with Gasteiger partial charge in [-0.05, 0) is 37.3 Å². The van der Waals surface area contributed by atoms with Crippen LogP contribution >= 0.6 is 11.8 Å². The molecular weight excluding hydrogens is 380 g/mol. The summed E-state index contributed by atoms with van der Waals surface area (Å²) in [4.78, 5) is 11.6. The number of hydrogen-bond donors (Lipinski definition) is 0. The molecule has 144 valence electrons. The van der Waals surface area contributed by atoms with Crippen molar-refractivity contribution in [3.8, 4) is 17.2 Å². The van der Waals surface area contributed by atoms with Crippen LogP contribution in [-0.2, 0) is 5.75 Å². The van der Waals surface area contributed by atoms with Gasteiger partial charge >= 0.3 is 0 Å². The van der Waals surface area contributed by atoms with Crippen LogP contribution in [0.15, 0.2) is 52.1 Å². The van der Waals surface area contributed by atoms with E-state index in [-0.39, 0.29) is 5.78 Å². The molecule has 0 saturated carbocycles. The normalized spacial score (nSPS) is 15.3. The van der Waals surface area contributed by atoms with E-state index in [0.717, 1.165) is 5.56 Å². The van der Waals surface area contributed by atoms with E-state index in [0.29, 0.717) is 46.3 Å². The van der Waals surface area contributed by atoms with Gasteiger partial charge in [0, 0.05) is 16.9 Å². The molecule has 7 nitrogen and oxygen atoms in total. The first-order valence-corrected chi connectivity index (χ1v) is 9.65. The van der Waals surface area contributed by atoms with Crippen molar-refractivity contribution in [2.45, 2.75) is 24.0 Å². The van der Waals surface area contributed by atoms with E-state index in [1.807, 2.05) is 30.3 Å². The molecule has 1 aliphatic rings. The molecule has 0 N–H and O–H groups in total. The Morgan fingerprint density at radius 2 is 2.04 bits per heavy atom. The maximum Gasteiger partial charge on any atom is 0.277 e. The first-order valence-electron chi connectivity index (χ1n) is 8.66. The summed E-state index contributed by atoms with van der Waals surface area (Å²) in [5, 5.41) is 8.57. The molecule has 0 spiro atoms. The number of carbonyl (C=O) groups excluding carboxylic acids is 1. The van der Waals surface area contributed by atoms with E-state index in [1.54, 1.807) is 19.2 Å². The van der Waals surface area contributed by atoms with Crippen LogP contribution in [0.1, 0.15) is 34.8 Å². The number of ether oxygens (including phenoxy) is 3. The van der Waals surface area contributed by atoms with Gasteiger partial charge in [-0.25, -0.2) is 0 Å². The van der Waals surface area contributed by atoms with E-state index in [1.165, 1.54) is 18.7 Å². The topological polar surface area (TPSA) is 83.7 Å². The van der Waals surface area contributed by atoms with Gasteiger partial charge in [0.2, 0.25) is 6.10 Å². The van der Waals surface area contributed by atoms with E-state index >= 15 is 0 Å². The van der Waals surface area contributed by atoms with E-state index < -0.39 is 6.10 Å². The Kier molecular flexibility index (Phi) is 5.21. The van der Waals surface area contributed by atoms with Crippen molar-refractivity contribution in [1.29, 1.82) is 0 Å². The molecular formula is C20H18N2O5S. The molecule has 0 unspecified atom stereocenters. The van der Waals surface area contributed by atoms with Crippen molar-refractivity contribution in [3.05, 3.63) is 59.5 Å². The van der Waals surface area contributed by atoms with Gasteiger partial charge in [-0.3, -0.25) is 4.79 Å². The van der Waals surface area contributed by atoms with Gasteiger partial charge in [0.15, 0.2) is 17.3 Å². The Morgan fingerprint density at radius 3 is 2.82 bits per heavy atom. The maximum absolute atomic E-state index is 11.6. The number of methoxy groups -OCH3 is 1. The Hall–Kier alpha value is -3.00. The zero-order chi connectivity index (χ0) is 19.5. The van der Waals surface area contributed by atoms with Gasteiger partial charge in [-0.15, -0.1) is 10.2 Å². The number of Topliss-reactive ketones (excluding diaryl/α,β-unsaturated/α-hetero) is 1. The molecule has 0 radical (unpaired) electrons. The third kappa shape index (κ3) is 3.82. The van der Waals surface area contributed by atoms with Crippen LogP contribution in [0.4, 0.5) is 0 Å². The monoisotopic (exact) mass is 398 g/mol. The number of thioether (sulfide) groups is 1. The first-order chi connectivity index (χ1) is 13.6. The molecule has 0 bridgehead atoms. The summed E-state index contributed by atoms with van der Waals surface area (Å²) in [6, 6.07) is 12.8. The fourth-order valence-corrected chi connectivity index (χ4v) is 3.55. The average Bonchev–Trinajstić information content (AvgIpc) is 3.20. The van der Waals surface area contributed by atoms with Crippen molar-refractivity contribution in [2.75, 3.05) is 13.7 Å². The molecule has 2 aromatic carbocycles. The molecule has 0 saturated heterocycles.